The maximum absolute atomic E-state index is 11.6. The summed E-state index contributed by atoms with van der Waals surface area (Å²) in [7, 11) is 0.243. The monoisotopic (exact) mass is 398 g/mol. The fourth-order valence-electron chi connectivity index (χ4n) is 3.02. The summed E-state index contributed by atoms with van der Waals surface area (Å²) in [5.41, 5.74) is 0.847. The summed E-state index contributed by atoms with van der Waals surface area (Å²) >= 11 is 0. The Morgan fingerprint density at radius 3 is 2.56 bits per heavy atom. The van der Waals surface area contributed by atoms with Crippen molar-refractivity contribution in [3.8, 4) is 11.5 Å². The van der Waals surface area contributed by atoms with Gasteiger partial charge in [-0.3, -0.25) is 4.99 Å². The first-order valence-electron chi connectivity index (χ1n) is 9.11. The van der Waals surface area contributed by atoms with E-state index < -0.39 is 10.0 Å². The van der Waals surface area contributed by atoms with Gasteiger partial charge >= 0.3 is 0 Å². The zero-order chi connectivity index (χ0) is 19.9. The lowest BCUT2D eigenvalue weighted by Crippen LogP contribution is -2.42. The van der Waals surface area contributed by atoms with Gasteiger partial charge in [-0.2, -0.15) is 0 Å². The van der Waals surface area contributed by atoms with E-state index in [0.717, 1.165) is 25.1 Å². The Morgan fingerprint density at radius 2 is 2.00 bits per heavy atom. The number of guanidine groups is 1. The topological polar surface area (TPSA) is 92.3 Å². The molecule has 1 heterocycles. The number of ether oxygens (including phenoxy) is 2. The smallest absolute Gasteiger partial charge is 0.211 e. The predicted molar refractivity (Wildman–Crippen MR) is 108 cm³/mol. The molecule has 9 heteroatoms. The van der Waals surface area contributed by atoms with Crippen molar-refractivity contribution in [3.05, 3.63) is 18.2 Å². The van der Waals surface area contributed by atoms with E-state index in [1.807, 2.05) is 25.1 Å². The van der Waals surface area contributed by atoms with Crippen LogP contribution in [0, 0.1) is 5.92 Å². The minimum absolute atomic E-state index is 0.413. The Morgan fingerprint density at radius 1 is 1.30 bits per heavy atom. The SMILES string of the molecule is CCOc1cc(NC(=NC)NCC2CCN(S(C)(=O)=O)CC2)ccc1OC. The highest BCUT2D eigenvalue weighted by molar-refractivity contribution is 7.88. The molecule has 0 spiro atoms. The van der Waals surface area contributed by atoms with E-state index in [1.54, 1.807) is 18.5 Å². The van der Waals surface area contributed by atoms with Crippen LogP contribution in [0.15, 0.2) is 23.2 Å². The number of hydrogen-bond donors (Lipinski definition) is 2. The molecule has 0 radical (unpaired) electrons. The number of hydrogen-bond acceptors (Lipinski definition) is 5. The van der Waals surface area contributed by atoms with Gasteiger partial charge < -0.3 is 20.1 Å². The first-order chi connectivity index (χ1) is 12.9. The quantitative estimate of drug-likeness (QED) is 0.537. The van der Waals surface area contributed by atoms with Gasteiger partial charge in [-0.05, 0) is 37.8 Å². The molecule has 0 bridgehead atoms. The molecular weight excluding hydrogens is 368 g/mol. The standard InChI is InChI=1S/C18H30N4O4S/c1-5-26-17-12-15(6-7-16(17)25-3)21-18(19-2)20-13-14-8-10-22(11-9-14)27(4,23)24/h6-7,12,14H,5,8-11,13H2,1-4H3,(H2,19,20,21). The highest BCUT2D eigenvalue weighted by Gasteiger charge is 2.24. The summed E-state index contributed by atoms with van der Waals surface area (Å²) < 4.78 is 35.6. The van der Waals surface area contributed by atoms with E-state index in [1.165, 1.54) is 6.26 Å². The second kappa shape index (κ2) is 9.80. The summed E-state index contributed by atoms with van der Waals surface area (Å²) in [6.07, 6.45) is 2.95. The number of aliphatic imine (C=N–C) groups is 1. The van der Waals surface area contributed by atoms with Crippen LogP contribution in [0.2, 0.25) is 0 Å². The Balaban J connectivity index is 1.89. The Hall–Kier alpha value is -2.00. The first kappa shape index (κ1) is 21.3. The average molecular weight is 399 g/mol. The van der Waals surface area contributed by atoms with Crippen LogP contribution in [0.1, 0.15) is 19.8 Å². The van der Waals surface area contributed by atoms with E-state index in [2.05, 4.69) is 15.6 Å². The van der Waals surface area contributed by atoms with Gasteiger partial charge in [0.2, 0.25) is 10.0 Å². The molecule has 2 rings (SSSR count). The zero-order valence-electron chi connectivity index (χ0n) is 16.5. The lowest BCUT2D eigenvalue weighted by atomic mass is 9.98. The number of nitrogens with zero attached hydrogens (tertiary/aromatic N) is 2. The van der Waals surface area contributed by atoms with Gasteiger partial charge in [0.15, 0.2) is 17.5 Å². The van der Waals surface area contributed by atoms with Gasteiger partial charge in [0.25, 0.3) is 0 Å². The van der Waals surface area contributed by atoms with Crippen LogP contribution >= 0.6 is 0 Å². The molecule has 0 aromatic heterocycles. The number of sulfonamides is 1. The molecule has 1 aliphatic heterocycles. The van der Waals surface area contributed by atoms with E-state index in [-0.39, 0.29) is 0 Å². The normalized spacial score (nSPS) is 16.8. The number of benzene rings is 1. The van der Waals surface area contributed by atoms with Crippen LogP contribution in [0.5, 0.6) is 11.5 Å². The van der Waals surface area contributed by atoms with Gasteiger partial charge in [-0.15, -0.1) is 0 Å². The summed E-state index contributed by atoms with van der Waals surface area (Å²) in [6, 6.07) is 5.63. The van der Waals surface area contributed by atoms with Crippen molar-refractivity contribution in [1.82, 2.24) is 9.62 Å². The van der Waals surface area contributed by atoms with Gasteiger partial charge in [-0.25, -0.2) is 12.7 Å². The minimum Gasteiger partial charge on any atom is -0.493 e. The molecule has 0 atom stereocenters. The lowest BCUT2D eigenvalue weighted by molar-refractivity contribution is 0.275. The second-order valence-corrected chi connectivity index (χ2v) is 8.46. The lowest BCUT2D eigenvalue weighted by Gasteiger charge is -2.30. The largest absolute Gasteiger partial charge is 0.493 e. The van der Waals surface area contributed by atoms with Crippen molar-refractivity contribution >= 4 is 21.7 Å². The van der Waals surface area contributed by atoms with E-state index in [0.29, 0.717) is 43.1 Å². The van der Waals surface area contributed by atoms with Crippen molar-refractivity contribution in [2.75, 3.05) is 52.0 Å². The van der Waals surface area contributed by atoms with Crippen molar-refractivity contribution < 1.29 is 17.9 Å². The Labute approximate surface area is 162 Å². The molecule has 1 aromatic carbocycles. The molecule has 27 heavy (non-hydrogen) atoms. The molecule has 152 valence electrons. The fraction of sp³-hybridized carbons (Fsp3) is 0.611. The number of rotatable bonds is 7. The average Bonchev–Trinajstić information content (AvgIpc) is 2.65. The third kappa shape index (κ3) is 6.28. The van der Waals surface area contributed by atoms with Gasteiger partial charge in [0.1, 0.15) is 0 Å². The summed E-state index contributed by atoms with van der Waals surface area (Å²) in [5.74, 6) is 2.43. The van der Waals surface area contributed by atoms with Gasteiger partial charge in [-0.1, -0.05) is 0 Å². The summed E-state index contributed by atoms with van der Waals surface area (Å²) in [5, 5.41) is 6.57. The van der Waals surface area contributed by atoms with Crippen LogP contribution in [0.4, 0.5) is 5.69 Å². The molecule has 1 saturated heterocycles. The van der Waals surface area contributed by atoms with Crippen LogP contribution < -0.4 is 20.1 Å². The summed E-state index contributed by atoms with van der Waals surface area (Å²) in [6.45, 7) is 4.38. The molecule has 0 saturated carbocycles. The molecule has 1 aromatic rings. The van der Waals surface area contributed by atoms with Crippen LogP contribution in [0.3, 0.4) is 0 Å². The second-order valence-electron chi connectivity index (χ2n) is 6.48. The molecule has 0 aliphatic carbocycles. The Kier molecular flexibility index (Phi) is 7.73. The highest BCUT2D eigenvalue weighted by atomic mass is 32.2. The maximum Gasteiger partial charge on any atom is 0.211 e. The first-order valence-corrected chi connectivity index (χ1v) is 11.0. The van der Waals surface area contributed by atoms with Gasteiger partial charge in [0, 0.05) is 38.4 Å². The maximum atomic E-state index is 11.6. The molecular formula is C18H30N4O4S. The Bertz CT molecular complexity index is 744. The molecule has 8 nitrogen and oxygen atoms in total. The number of piperidine rings is 1. The minimum atomic E-state index is -3.09. The van der Waals surface area contributed by atoms with Crippen molar-refractivity contribution in [2.45, 2.75) is 19.8 Å². The fourth-order valence-corrected chi connectivity index (χ4v) is 3.90. The number of anilines is 1. The van der Waals surface area contributed by atoms with Crippen LogP contribution in [0.25, 0.3) is 0 Å². The third-order valence-corrected chi connectivity index (χ3v) is 5.85. The van der Waals surface area contributed by atoms with E-state index in [4.69, 9.17) is 9.47 Å². The van der Waals surface area contributed by atoms with Crippen molar-refractivity contribution in [3.63, 3.8) is 0 Å². The van der Waals surface area contributed by atoms with Crippen LogP contribution in [-0.2, 0) is 10.0 Å². The van der Waals surface area contributed by atoms with Crippen LogP contribution in [-0.4, -0.2) is 65.3 Å². The zero-order valence-corrected chi connectivity index (χ0v) is 17.3. The molecule has 1 fully saturated rings. The van der Waals surface area contributed by atoms with Gasteiger partial charge in [0.05, 0.1) is 20.0 Å². The highest BCUT2D eigenvalue weighted by Crippen LogP contribution is 2.30. The third-order valence-electron chi connectivity index (χ3n) is 4.55. The van der Waals surface area contributed by atoms with Crippen molar-refractivity contribution in [1.29, 1.82) is 0 Å². The molecule has 1 aliphatic rings. The number of nitrogens with one attached hydrogen (secondary N) is 2. The molecule has 0 amide bonds. The molecule has 0 unspecified atom stereocenters. The number of methoxy groups -OCH3 is 1. The van der Waals surface area contributed by atoms with E-state index >= 15 is 0 Å². The van der Waals surface area contributed by atoms with E-state index in [9.17, 15) is 8.42 Å². The predicted octanol–water partition coefficient (Wildman–Crippen LogP) is 1.75. The summed E-state index contributed by atoms with van der Waals surface area (Å²) in [4.78, 5) is 4.26. The molecule has 2 N–H and O–H groups in total. The van der Waals surface area contributed by atoms with Crippen molar-refractivity contribution in [2.24, 2.45) is 10.9 Å².